The third kappa shape index (κ3) is 1.76. The standard InChI is InChI=1S/C13H10BrN3O/c1-18-10-4-2-3-9(7-10)13-16-12(14)11-5-6-15-8-17(11)13/h2-8H,1H3. The SMILES string of the molecule is COc1cccc(-c2nc(Br)c3ccncn23)c1. The molecule has 2 aromatic heterocycles. The molecule has 0 amide bonds. The smallest absolute Gasteiger partial charge is 0.147 e. The number of ether oxygens (including phenoxy) is 1. The van der Waals surface area contributed by atoms with Crippen LogP contribution in [0.5, 0.6) is 5.75 Å². The Morgan fingerprint density at radius 1 is 1.28 bits per heavy atom. The summed E-state index contributed by atoms with van der Waals surface area (Å²) in [6.45, 7) is 0. The van der Waals surface area contributed by atoms with E-state index in [4.69, 9.17) is 4.74 Å². The van der Waals surface area contributed by atoms with E-state index >= 15 is 0 Å². The molecule has 0 aliphatic carbocycles. The quantitative estimate of drug-likeness (QED) is 0.730. The molecule has 1 aromatic carbocycles. The van der Waals surface area contributed by atoms with Gasteiger partial charge in [-0.2, -0.15) is 0 Å². The highest BCUT2D eigenvalue weighted by molar-refractivity contribution is 9.10. The van der Waals surface area contributed by atoms with Crippen LogP contribution < -0.4 is 4.74 Å². The van der Waals surface area contributed by atoms with Crippen LogP contribution in [-0.4, -0.2) is 21.5 Å². The van der Waals surface area contributed by atoms with Gasteiger partial charge in [0.05, 0.1) is 12.6 Å². The van der Waals surface area contributed by atoms with Crippen molar-refractivity contribution in [2.24, 2.45) is 0 Å². The maximum atomic E-state index is 5.23. The van der Waals surface area contributed by atoms with Crippen LogP contribution in [0.4, 0.5) is 0 Å². The first kappa shape index (κ1) is 11.2. The van der Waals surface area contributed by atoms with Gasteiger partial charge in [-0.15, -0.1) is 0 Å². The second kappa shape index (κ2) is 4.42. The zero-order valence-corrected chi connectivity index (χ0v) is 11.3. The van der Waals surface area contributed by atoms with Gasteiger partial charge in [0.1, 0.15) is 22.5 Å². The van der Waals surface area contributed by atoms with E-state index in [9.17, 15) is 0 Å². The first-order valence-corrected chi connectivity index (χ1v) is 6.21. The summed E-state index contributed by atoms with van der Waals surface area (Å²) in [7, 11) is 1.65. The van der Waals surface area contributed by atoms with Crippen LogP contribution in [0.2, 0.25) is 0 Å². The van der Waals surface area contributed by atoms with Gasteiger partial charge in [0.25, 0.3) is 0 Å². The molecule has 3 aromatic rings. The largest absolute Gasteiger partial charge is 0.497 e. The number of aromatic nitrogens is 3. The van der Waals surface area contributed by atoms with Crippen molar-refractivity contribution in [3.05, 3.63) is 47.5 Å². The van der Waals surface area contributed by atoms with Crippen LogP contribution in [-0.2, 0) is 0 Å². The third-order valence-electron chi connectivity index (χ3n) is 2.73. The van der Waals surface area contributed by atoms with Crippen LogP contribution in [0.25, 0.3) is 16.9 Å². The number of benzene rings is 1. The average molecular weight is 304 g/mol. The Labute approximate surface area is 112 Å². The van der Waals surface area contributed by atoms with Gasteiger partial charge >= 0.3 is 0 Å². The van der Waals surface area contributed by atoms with Crippen molar-refractivity contribution in [3.8, 4) is 17.1 Å². The van der Waals surface area contributed by atoms with Crippen molar-refractivity contribution in [2.75, 3.05) is 7.11 Å². The number of methoxy groups -OCH3 is 1. The molecule has 0 unspecified atom stereocenters. The first-order chi connectivity index (χ1) is 8.79. The summed E-state index contributed by atoms with van der Waals surface area (Å²) in [4.78, 5) is 8.65. The lowest BCUT2D eigenvalue weighted by Crippen LogP contribution is -1.91. The second-order valence-electron chi connectivity index (χ2n) is 3.79. The van der Waals surface area contributed by atoms with Gasteiger partial charge in [0.2, 0.25) is 0 Å². The number of halogens is 1. The zero-order chi connectivity index (χ0) is 12.5. The van der Waals surface area contributed by atoms with E-state index in [0.717, 1.165) is 27.3 Å². The molecule has 4 nitrogen and oxygen atoms in total. The lowest BCUT2D eigenvalue weighted by Gasteiger charge is -2.03. The van der Waals surface area contributed by atoms with E-state index in [0.29, 0.717) is 0 Å². The molecule has 5 heteroatoms. The Morgan fingerprint density at radius 3 is 3.00 bits per heavy atom. The molecule has 0 aliphatic rings. The van der Waals surface area contributed by atoms with E-state index in [1.807, 2.05) is 34.7 Å². The number of fused-ring (bicyclic) bond motifs is 1. The summed E-state index contributed by atoms with van der Waals surface area (Å²) in [5.74, 6) is 1.65. The molecule has 90 valence electrons. The minimum Gasteiger partial charge on any atom is -0.497 e. The van der Waals surface area contributed by atoms with Crippen molar-refractivity contribution >= 4 is 21.4 Å². The van der Waals surface area contributed by atoms with Gasteiger partial charge in [-0.3, -0.25) is 4.40 Å². The number of rotatable bonds is 2. The summed E-state index contributed by atoms with van der Waals surface area (Å²) >= 11 is 3.46. The fourth-order valence-electron chi connectivity index (χ4n) is 1.87. The van der Waals surface area contributed by atoms with Gasteiger partial charge in [-0.05, 0) is 34.1 Å². The molecule has 0 N–H and O–H groups in total. The molecule has 0 saturated carbocycles. The predicted octanol–water partition coefficient (Wildman–Crippen LogP) is 3.17. The summed E-state index contributed by atoms with van der Waals surface area (Å²) in [6, 6.07) is 9.72. The third-order valence-corrected chi connectivity index (χ3v) is 3.32. The van der Waals surface area contributed by atoms with E-state index in [-0.39, 0.29) is 0 Å². The lowest BCUT2D eigenvalue weighted by atomic mass is 10.2. The van der Waals surface area contributed by atoms with Gasteiger partial charge < -0.3 is 4.74 Å². The second-order valence-corrected chi connectivity index (χ2v) is 4.54. The average Bonchev–Trinajstić information content (AvgIpc) is 2.77. The van der Waals surface area contributed by atoms with E-state index < -0.39 is 0 Å². The van der Waals surface area contributed by atoms with Crippen LogP contribution >= 0.6 is 15.9 Å². The van der Waals surface area contributed by atoms with E-state index in [1.165, 1.54) is 0 Å². The van der Waals surface area contributed by atoms with Crippen molar-refractivity contribution in [3.63, 3.8) is 0 Å². The Kier molecular flexibility index (Phi) is 2.76. The fourth-order valence-corrected chi connectivity index (χ4v) is 2.36. The van der Waals surface area contributed by atoms with Crippen LogP contribution in [0.1, 0.15) is 0 Å². The highest BCUT2D eigenvalue weighted by Gasteiger charge is 2.11. The highest BCUT2D eigenvalue weighted by atomic mass is 79.9. The summed E-state index contributed by atoms with van der Waals surface area (Å²) < 4.78 is 7.98. The molecule has 18 heavy (non-hydrogen) atoms. The number of hydrogen-bond donors (Lipinski definition) is 0. The molecule has 0 bridgehead atoms. The lowest BCUT2D eigenvalue weighted by molar-refractivity contribution is 0.415. The molecule has 0 aliphatic heterocycles. The molecule has 0 radical (unpaired) electrons. The molecule has 0 fully saturated rings. The van der Waals surface area contributed by atoms with Crippen molar-refractivity contribution in [2.45, 2.75) is 0 Å². The van der Waals surface area contributed by atoms with Crippen LogP contribution in [0, 0.1) is 0 Å². The van der Waals surface area contributed by atoms with Crippen molar-refractivity contribution in [1.82, 2.24) is 14.4 Å². The summed E-state index contributed by atoms with van der Waals surface area (Å²) in [5, 5.41) is 0. The Hall–Kier alpha value is -1.88. The normalized spacial score (nSPS) is 10.8. The summed E-state index contributed by atoms with van der Waals surface area (Å²) in [6.07, 6.45) is 3.50. The van der Waals surface area contributed by atoms with Gasteiger partial charge in [-0.1, -0.05) is 12.1 Å². The Balaban J connectivity index is 2.25. The predicted molar refractivity (Wildman–Crippen MR) is 72.7 cm³/mol. The number of hydrogen-bond acceptors (Lipinski definition) is 3. The minimum absolute atomic E-state index is 0.808. The molecule has 3 rings (SSSR count). The molecule has 0 spiro atoms. The molecule has 0 atom stereocenters. The Bertz CT molecular complexity index is 708. The monoisotopic (exact) mass is 303 g/mol. The number of imidazole rings is 1. The zero-order valence-electron chi connectivity index (χ0n) is 9.67. The molecular weight excluding hydrogens is 294 g/mol. The fraction of sp³-hybridized carbons (Fsp3) is 0.0769. The van der Waals surface area contributed by atoms with Crippen molar-refractivity contribution in [1.29, 1.82) is 0 Å². The topological polar surface area (TPSA) is 39.4 Å². The van der Waals surface area contributed by atoms with Gasteiger partial charge in [0.15, 0.2) is 0 Å². The van der Waals surface area contributed by atoms with Gasteiger partial charge in [-0.25, -0.2) is 9.97 Å². The highest BCUT2D eigenvalue weighted by Crippen LogP contribution is 2.27. The molecule has 2 heterocycles. The Morgan fingerprint density at radius 2 is 2.17 bits per heavy atom. The summed E-state index contributed by atoms with van der Waals surface area (Å²) in [5.41, 5.74) is 1.98. The number of nitrogens with zero attached hydrogens (tertiary/aromatic N) is 3. The van der Waals surface area contributed by atoms with Crippen LogP contribution in [0.3, 0.4) is 0 Å². The maximum Gasteiger partial charge on any atom is 0.147 e. The van der Waals surface area contributed by atoms with E-state index in [2.05, 4.69) is 25.9 Å². The molecular formula is C13H10BrN3O. The molecule has 0 saturated heterocycles. The van der Waals surface area contributed by atoms with E-state index in [1.54, 1.807) is 19.6 Å². The van der Waals surface area contributed by atoms with Crippen LogP contribution in [0.15, 0.2) is 47.5 Å². The van der Waals surface area contributed by atoms with Crippen molar-refractivity contribution < 1.29 is 4.74 Å². The minimum atomic E-state index is 0.808. The maximum absolute atomic E-state index is 5.23. The van der Waals surface area contributed by atoms with Gasteiger partial charge in [0, 0.05) is 11.8 Å². The first-order valence-electron chi connectivity index (χ1n) is 5.41.